The quantitative estimate of drug-likeness (QED) is 0.808. The molecule has 1 unspecified atom stereocenters. The zero-order chi connectivity index (χ0) is 15.3. The second-order valence-electron chi connectivity index (χ2n) is 5.86. The summed E-state index contributed by atoms with van der Waals surface area (Å²) in [6.45, 7) is 2.43. The standard InChI is InChI=1S/C15H25N3O2/c1-15(20,11-17(2)3)10-16-14(19)12-6-8-13(9-7-12)18(4)5/h6-9,20H,10-11H2,1-5H3,(H,16,19). The van der Waals surface area contributed by atoms with E-state index in [0.717, 1.165) is 5.69 Å². The summed E-state index contributed by atoms with van der Waals surface area (Å²) in [6, 6.07) is 7.36. The molecular formula is C15H25N3O2. The molecule has 1 aromatic rings. The summed E-state index contributed by atoms with van der Waals surface area (Å²) < 4.78 is 0. The molecule has 20 heavy (non-hydrogen) atoms. The number of benzene rings is 1. The number of anilines is 1. The fraction of sp³-hybridized carbons (Fsp3) is 0.533. The van der Waals surface area contributed by atoms with Gasteiger partial charge in [-0.1, -0.05) is 0 Å². The van der Waals surface area contributed by atoms with E-state index < -0.39 is 5.60 Å². The van der Waals surface area contributed by atoms with Crippen LogP contribution in [0.1, 0.15) is 17.3 Å². The van der Waals surface area contributed by atoms with Crippen LogP contribution >= 0.6 is 0 Å². The molecule has 5 heteroatoms. The first-order valence-electron chi connectivity index (χ1n) is 6.64. The normalized spacial score (nSPS) is 13.9. The summed E-state index contributed by atoms with van der Waals surface area (Å²) in [5.41, 5.74) is 0.695. The van der Waals surface area contributed by atoms with Crippen molar-refractivity contribution >= 4 is 11.6 Å². The number of carbonyl (C=O) groups is 1. The van der Waals surface area contributed by atoms with E-state index >= 15 is 0 Å². The van der Waals surface area contributed by atoms with Gasteiger partial charge in [0, 0.05) is 38.4 Å². The van der Waals surface area contributed by atoms with Gasteiger partial charge in [-0.25, -0.2) is 0 Å². The van der Waals surface area contributed by atoms with Crippen LogP contribution in [0.25, 0.3) is 0 Å². The van der Waals surface area contributed by atoms with Gasteiger partial charge in [-0.3, -0.25) is 4.79 Å². The Kier molecular flexibility index (Phi) is 5.53. The molecule has 0 radical (unpaired) electrons. The van der Waals surface area contributed by atoms with Crippen molar-refractivity contribution in [2.24, 2.45) is 0 Å². The minimum absolute atomic E-state index is 0.172. The van der Waals surface area contributed by atoms with Gasteiger partial charge in [0.1, 0.15) is 0 Å². The first-order valence-corrected chi connectivity index (χ1v) is 6.64. The lowest BCUT2D eigenvalue weighted by atomic mass is 10.1. The number of rotatable bonds is 6. The van der Waals surface area contributed by atoms with E-state index in [-0.39, 0.29) is 12.5 Å². The number of hydrogen-bond acceptors (Lipinski definition) is 4. The molecule has 112 valence electrons. The Morgan fingerprint density at radius 1 is 1.20 bits per heavy atom. The second-order valence-corrected chi connectivity index (χ2v) is 5.86. The van der Waals surface area contributed by atoms with Crippen molar-refractivity contribution in [3.8, 4) is 0 Å². The molecule has 1 amide bonds. The van der Waals surface area contributed by atoms with Gasteiger partial charge in [-0.2, -0.15) is 0 Å². The van der Waals surface area contributed by atoms with Crippen molar-refractivity contribution in [2.75, 3.05) is 46.2 Å². The minimum Gasteiger partial charge on any atom is -0.387 e. The van der Waals surface area contributed by atoms with E-state index in [2.05, 4.69) is 5.32 Å². The van der Waals surface area contributed by atoms with Crippen LogP contribution in [-0.2, 0) is 0 Å². The lowest BCUT2D eigenvalue weighted by molar-refractivity contribution is 0.0326. The molecule has 0 heterocycles. The molecule has 0 aliphatic carbocycles. The Labute approximate surface area is 121 Å². The number of carbonyl (C=O) groups excluding carboxylic acids is 1. The van der Waals surface area contributed by atoms with Gasteiger partial charge in [0.05, 0.1) is 5.60 Å². The van der Waals surface area contributed by atoms with Crippen molar-refractivity contribution in [3.05, 3.63) is 29.8 Å². The first-order chi connectivity index (χ1) is 9.21. The largest absolute Gasteiger partial charge is 0.387 e. The number of hydrogen-bond donors (Lipinski definition) is 2. The molecule has 0 bridgehead atoms. The Morgan fingerprint density at radius 2 is 1.75 bits per heavy atom. The first kappa shape index (κ1) is 16.5. The Bertz CT molecular complexity index is 439. The van der Waals surface area contributed by atoms with Crippen LogP contribution < -0.4 is 10.2 Å². The second kappa shape index (κ2) is 6.72. The van der Waals surface area contributed by atoms with Crippen LogP contribution in [0.15, 0.2) is 24.3 Å². The third-order valence-corrected chi connectivity index (χ3v) is 2.93. The van der Waals surface area contributed by atoms with E-state index in [0.29, 0.717) is 12.1 Å². The molecule has 0 fully saturated rings. The number of likely N-dealkylation sites (N-methyl/N-ethyl adjacent to an activating group) is 1. The van der Waals surface area contributed by atoms with E-state index in [9.17, 15) is 9.90 Å². The molecule has 1 atom stereocenters. The highest BCUT2D eigenvalue weighted by atomic mass is 16.3. The van der Waals surface area contributed by atoms with E-state index in [1.54, 1.807) is 19.1 Å². The molecule has 5 nitrogen and oxygen atoms in total. The van der Waals surface area contributed by atoms with E-state index in [1.807, 2.05) is 50.1 Å². The topological polar surface area (TPSA) is 55.8 Å². The van der Waals surface area contributed by atoms with Crippen molar-refractivity contribution in [2.45, 2.75) is 12.5 Å². The molecule has 0 aliphatic rings. The monoisotopic (exact) mass is 279 g/mol. The molecule has 0 spiro atoms. The van der Waals surface area contributed by atoms with Crippen LogP contribution in [0, 0.1) is 0 Å². The van der Waals surface area contributed by atoms with Gasteiger partial charge in [0.15, 0.2) is 0 Å². The van der Waals surface area contributed by atoms with Crippen LogP contribution in [-0.4, -0.2) is 62.8 Å². The summed E-state index contributed by atoms with van der Waals surface area (Å²) in [7, 11) is 7.67. The predicted octanol–water partition coefficient (Wildman–Crippen LogP) is 0.795. The minimum atomic E-state index is -0.942. The van der Waals surface area contributed by atoms with Crippen LogP contribution in [0.3, 0.4) is 0 Å². The van der Waals surface area contributed by atoms with Gasteiger partial charge >= 0.3 is 0 Å². The number of nitrogens with one attached hydrogen (secondary N) is 1. The third kappa shape index (κ3) is 5.19. The molecule has 1 aromatic carbocycles. The molecule has 0 aliphatic heterocycles. The zero-order valence-electron chi connectivity index (χ0n) is 13.0. The lowest BCUT2D eigenvalue weighted by Crippen LogP contribution is -2.47. The average Bonchev–Trinajstić information content (AvgIpc) is 2.34. The summed E-state index contributed by atoms with van der Waals surface area (Å²) in [6.07, 6.45) is 0. The fourth-order valence-electron chi connectivity index (χ4n) is 2.02. The summed E-state index contributed by atoms with van der Waals surface area (Å²) >= 11 is 0. The molecule has 0 saturated heterocycles. The van der Waals surface area contributed by atoms with Crippen LogP contribution in [0.4, 0.5) is 5.69 Å². The van der Waals surface area contributed by atoms with Gasteiger partial charge < -0.3 is 20.2 Å². The van der Waals surface area contributed by atoms with Crippen molar-refractivity contribution < 1.29 is 9.90 Å². The van der Waals surface area contributed by atoms with Gasteiger partial charge in [0.2, 0.25) is 0 Å². The molecule has 2 N–H and O–H groups in total. The van der Waals surface area contributed by atoms with Crippen LogP contribution in [0.5, 0.6) is 0 Å². The zero-order valence-corrected chi connectivity index (χ0v) is 13.0. The fourth-order valence-corrected chi connectivity index (χ4v) is 2.02. The number of amides is 1. The van der Waals surface area contributed by atoms with Crippen molar-refractivity contribution in [1.29, 1.82) is 0 Å². The van der Waals surface area contributed by atoms with Gasteiger partial charge in [-0.05, 0) is 45.3 Å². The molecule has 0 aromatic heterocycles. The highest BCUT2D eigenvalue weighted by molar-refractivity contribution is 5.94. The summed E-state index contributed by atoms with van der Waals surface area (Å²) in [5, 5.41) is 12.9. The van der Waals surface area contributed by atoms with Crippen LogP contribution in [0.2, 0.25) is 0 Å². The lowest BCUT2D eigenvalue weighted by Gasteiger charge is -2.27. The maximum atomic E-state index is 12.0. The Hall–Kier alpha value is -1.59. The van der Waals surface area contributed by atoms with E-state index in [1.165, 1.54) is 0 Å². The maximum absolute atomic E-state index is 12.0. The number of aliphatic hydroxyl groups is 1. The highest BCUT2D eigenvalue weighted by Crippen LogP contribution is 2.12. The smallest absolute Gasteiger partial charge is 0.251 e. The third-order valence-electron chi connectivity index (χ3n) is 2.93. The molecular weight excluding hydrogens is 254 g/mol. The van der Waals surface area contributed by atoms with E-state index in [4.69, 9.17) is 0 Å². The maximum Gasteiger partial charge on any atom is 0.251 e. The van der Waals surface area contributed by atoms with Crippen molar-refractivity contribution in [1.82, 2.24) is 10.2 Å². The van der Waals surface area contributed by atoms with Crippen molar-refractivity contribution in [3.63, 3.8) is 0 Å². The van der Waals surface area contributed by atoms with Gasteiger partial charge in [-0.15, -0.1) is 0 Å². The highest BCUT2D eigenvalue weighted by Gasteiger charge is 2.22. The predicted molar refractivity (Wildman–Crippen MR) is 82.3 cm³/mol. The average molecular weight is 279 g/mol. The van der Waals surface area contributed by atoms with Gasteiger partial charge in [0.25, 0.3) is 5.91 Å². The molecule has 0 saturated carbocycles. The SMILES string of the molecule is CN(C)CC(C)(O)CNC(=O)c1ccc(N(C)C)cc1. The Balaban J connectivity index is 2.58. The summed E-state index contributed by atoms with van der Waals surface area (Å²) in [5.74, 6) is -0.172. The number of nitrogens with zero attached hydrogens (tertiary/aromatic N) is 2. The Morgan fingerprint density at radius 3 is 2.20 bits per heavy atom. The summed E-state index contributed by atoms with van der Waals surface area (Å²) in [4.78, 5) is 15.9. The molecule has 1 rings (SSSR count).